The van der Waals surface area contributed by atoms with E-state index in [2.05, 4.69) is 24.3 Å². The first-order chi connectivity index (χ1) is 15.9. The second kappa shape index (κ2) is 9.20. The number of benzene rings is 2. The van der Waals surface area contributed by atoms with Crippen LogP contribution in [0.15, 0.2) is 65.7 Å². The SMILES string of the molecule is COc1ccc(-c2cc3c(=O)n(CC(=O)Nc4ccc(C(C)C)cc4)ccn3n2)cc1OC. The number of carbonyl (C=O) groups is 1. The molecule has 170 valence electrons. The van der Waals surface area contributed by atoms with E-state index in [0.717, 1.165) is 5.56 Å². The molecule has 0 atom stereocenters. The van der Waals surface area contributed by atoms with Crippen molar-refractivity contribution in [3.8, 4) is 22.8 Å². The Kier molecular flexibility index (Phi) is 6.17. The maximum atomic E-state index is 13.0. The van der Waals surface area contributed by atoms with Crippen molar-refractivity contribution in [3.63, 3.8) is 0 Å². The lowest BCUT2D eigenvalue weighted by Gasteiger charge is -2.09. The Hall–Kier alpha value is -4.07. The first-order valence-electron chi connectivity index (χ1n) is 10.6. The Morgan fingerprint density at radius 2 is 1.73 bits per heavy atom. The van der Waals surface area contributed by atoms with Gasteiger partial charge in [-0.2, -0.15) is 5.10 Å². The van der Waals surface area contributed by atoms with Crippen LogP contribution in [0, 0.1) is 0 Å². The Labute approximate surface area is 191 Å². The molecule has 2 heterocycles. The van der Waals surface area contributed by atoms with E-state index in [1.807, 2.05) is 30.3 Å². The predicted octanol–water partition coefficient (Wildman–Crippen LogP) is 3.94. The van der Waals surface area contributed by atoms with Crippen molar-refractivity contribution < 1.29 is 14.3 Å². The number of amides is 1. The lowest BCUT2D eigenvalue weighted by molar-refractivity contribution is -0.116. The highest BCUT2D eigenvalue weighted by atomic mass is 16.5. The van der Waals surface area contributed by atoms with Gasteiger partial charge in [-0.3, -0.25) is 9.59 Å². The number of anilines is 1. The zero-order valence-electron chi connectivity index (χ0n) is 19.0. The smallest absolute Gasteiger partial charge is 0.277 e. The molecule has 33 heavy (non-hydrogen) atoms. The van der Waals surface area contributed by atoms with Gasteiger partial charge in [-0.1, -0.05) is 26.0 Å². The van der Waals surface area contributed by atoms with Crippen molar-refractivity contribution in [2.75, 3.05) is 19.5 Å². The lowest BCUT2D eigenvalue weighted by Crippen LogP contribution is -2.28. The molecule has 4 rings (SSSR count). The van der Waals surface area contributed by atoms with Crippen molar-refractivity contribution in [1.82, 2.24) is 14.2 Å². The molecular formula is C25H26N4O4. The van der Waals surface area contributed by atoms with Gasteiger partial charge in [0.25, 0.3) is 5.56 Å². The zero-order valence-corrected chi connectivity index (χ0v) is 19.0. The number of aromatic nitrogens is 3. The standard InChI is InChI=1S/C25H26N4O4/c1-16(2)17-5-8-19(9-6-17)26-24(30)15-28-11-12-29-21(25(28)31)14-20(27-29)18-7-10-22(32-3)23(13-18)33-4/h5-14,16H,15H2,1-4H3,(H,26,30). The van der Waals surface area contributed by atoms with Crippen molar-refractivity contribution >= 4 is 17.1 Å². The van der Waals surface area contributed by atoms with Crippen LogP contribution in [0.25, 0.3) is 16.8 Å². The van der Waals surface area contributed by atoms with Crippen LogP contribution in [0.5, 0.6) is 11.5 Å². The first-order valence-corrected chi connectivity index (χ1v) is 10.6. The molecule has 1 N–H and O–H groups in total. The molecule has 2 aromatic carbocycles. The van der Waals surface area contributed by atoms with E-state index in [4.69, 9.17) is 9.47 Å². The molecule has 0 saturated heterocycles. The number of carbonyl (C=O) groups excluding carboxylic acids is 1. The molecule has 0 aliphatic carbocycles. The summed E-state index contributed by atoms with van der Waals surface area (Å²) in [6.07, 6.45) is 3.22. The normalized spacial score (nSPS) is 11.1. The maximum absolute atomic E-state index is 13.0. The van der Waals surface area contributed by atoms with E-state index >= 15 is 0 Å². The molecule has 0 radical (unpaired) electrons. The third kappa shape index (κ3) is 4.59. The minimum absolute atomic E-state index is 0.0991. The van der Waals surface area contributed by atoms with Crippen LogP contribution in [0.1, 0.15) is 25.3 Å². The van der Waals surface area contributed by atoms with Gasteiger partial charge < -0.3 is 19.4 Å². The van der Waals surface area contributed by atoms with Gasteiger partial charge in [0.2, 0.25) is 5.91 Å². The average Bonchev–Trinajstić information content (AvgIpc) is 3.26. The molecule has 0 aliphatic rings. The minimum atomic E-state index is -0.304. The number of methoxy groups -OCH3 is 2. The Morgan fingerprint density at radius 1 is 1.00 bits per heavy atom. The summed E-state index contributed by atoms with van der Waals surface area (Å²) in [5.74, 6) is 1.32. The largest absolute Gasteiger partial charge is 0.493 e. The summed E-state index contributed by atoms with van der Waals surface area (Å²) < 4.78 is 13.5. The second-order valence-electron chi connectivity index (χ2n) is 7.99. The second-order valence-corrected chi connectivity index (χ2v) is 7.99. The van der Waals surface area contributed by atoms with Crippen LogP contribution in [0.2, 0.25) is 0 Å². The van der Waals surface area contributed by atoms with Crippen LogP contribution in [0.3, 0.4) is 0 Å². The number of rotatable bonds is 7. The number of hydrogen-bond acceptors (Lipinski definition) is 5. The van der Waals surface area contributed by atoms with Gasteiger partial charge in [0.05, 0.1) is 19.9 Å². The van der Waals surface area contributed by atoms with Gasteiger partial charge in [0.15, 0.2) is 11.5 Å². The summed E-state index contributed by atoms with van der Waals surface area (Å²) in [6.45, 7) is 4.13. The number of ether oxygens (including phenoxy) is 2. The van der Waals surface area contributed by atoms with E-state index in [1.54, 1.807) is 44.8 Å². The fourth-order valence-electron chi connectivity index (χ4n) is 3.59. The van der Waals surface area contributed by atoms with Crippen LogP contribution >= 0.6 is 0 Å². The van der Waals surface area contributed by atoms with Crippen LogP contribution in [-0.4, -0.2) is 34.3 Å². The van der Waals surface area contributed by atoms with E-state index < -0.39 is 0 Å². The molecule has 0 saturated carbocycles. The Morgan fingerprint density at radius 3 is 2.39 bits per heavy atom. The van der Waals surface area contributed by atoms with Gasteiger partial charge in [0, 0.05) is 23.6 Å². The summed E-state index contributed by atoms with van der Waals surface area (Å²) >= 11 is 0. The van der Waals surface area contributed by atoms with Crippen molar-refractivity contribution in [1.29, 1.82) is 0 Å². The number of nitrogens with zero attached hydrogens (tertiary/aromatic N) is 3. The fraction of sp³-hybridized carbons (Fsp3) is 0.240. The Balaban J connectivity index is 1.56. The van der Waals surface area contributed by atoms with Crippen LogP contribution in [0.4, 0.5) is 5.69 Å². The van der Waals surface area contributed by atoms with Gasteiger partial charge in [0.1, 0.15) is 12.1 Å². The van der Waals surface area contributed by atoms with Crippen molar-refractivity contribution in [2.45, 2.75) is 26.3 Å². The molecule has 4 aromatic rings. The monoisotopic (exact) mass is 446 g/mol. The van der Waals surface area contributed by atoms with E-state index in [-0.39, 0.29) is 18.0 Å². The summed E-state index contributed by atoms with van der Waals surface area (Å²) in [5.41, 5.74) is 3.35. The first kappa shape index (κ1) is 22.1. The fourth-order valence-corrected chi connectivity index (χ4v) is 3.59. The van der Waals surface area contributed by atoms with Gasteiger partial charge in [-0.05, 0) is 47.9 Å². The number of nitrogens with one attached hydrogen (secondary N) is 1. The molecule has 0 bridgehead atoms. The van der Waals surface area contributed by atoms with E-state index in [0.29, 0.717) is 34.3 Å². The maximum Gasteiger partial charge on any atom is 0.277 e. The molecule has 0 fully saturated rings. The van der Waals surface area contributed by atoms with Gasteiger partial charge in [-0.15, -0.1) is 0 Å². The van der Waals surface area contributed by atoms with Crippen LogP contribution < -0.4 is 20.3 Å². The predicted molar refractivity (Wildman–Crippen MR) is 127 cm³/mol. The van der Waals surface area contributed by atoms with Gasteiger partial charge in [-0.25, -0.2) is 4.52 Å². The van der Waals surface area contributed by atoms with Crippen molar-refractivity contribution in [3.05, 3.63) is 76.8 Å². The summed E-state index contributed by atoms with van der Waals surface area (Å²) in [6, 6.07) is 14.8. The molecule has 8 nitrogen and oxygen atoms in total. The minimum Gasteiger partial charge on any atom is -0.493 e. The van der Waals surface area contributed by atoms with Crippen LogP contribution in [-0.2, 0) is 11.3 Å². The topological polar surface area (TPSA) is 86.9 Å². The molecule has 0 unspecified atom stereocenters. The number of fused-ring (bicyclic) bond motifs is 1. The Bertz CT molecular complexity index is 1350. The van der Waals surface area contributed by atoms with Crippen molar-refractivity contribution in [2.24, 2.45) is 0 Å². The summed E-state index contributed by atoms with van der Waals surface area (Å²) in [7, 11) is 3.13. The summed E-state index contributed by atoms with van der Waals surface area (Å²) in [4.78, 5) is 25.5. The molecule has 0 aliphatic heterocycles. The van der Waals surface area contributed by atoms with E-state index in [9.17, 15) is 9.59 Å². The molecule has 1 amide bonds. The molecule has 2 aromatic heterocycles. The van der Waals surface area contributed by atoms with E-state index in [1.165, 1.54) is 14.6 Å². The lowest BCUT2D eigenvalue weighted by atomic mass is 10.0. The molecule has 8 heteroatoms. The molecule has 0 spiro atoms. The zero-order chi connectivity index (χ0) is 23.5. The third-order valence-corrected chi connectivity index (χ3v) is 5.46. The number of hydrogen-bond donors (Lipinski definition) is 1. The molecular weight excluding hydrogens is 420 g/mol. The third-order valence-electron chi connectivity index (χ3n) is 5.46. The summed E-state index contributed by atoms with van der Waals surface area (Å²) in [5, 5.41) is 7.33. The average molecular weight is 447 g/mol. The quantitative estimate of drug-likeness (QED) is 0.465. The highest BCUT2D eigenvalue weighted by Gasteiger charge is 2.13. The highest BCUT2D eigenvalue weighted by Crippen LogP contribution is 2.31. The van der Waals surface area contributed by atoms with Gasteiger partial charge >= 0.3 is 0 Å². The highest BCUT2D eigenvalue weighted by molar-refractivity contribution is 5.90.